The van der Waals surface area contributed by atoms with E-state index in [9.17, 15) is 0 Å². The van der Waals surface area contributed by atoms with E-state index in [4.69, 9.17) is 9.47 Å². The van der Waals surface area contributed by atoms with E-state index in [0.29, 0.717) is 0 Å². The van der Waals surface area contributed by atoms with Crippen LogP contribution < -0.4 is 9.47 Å². The largest absolute Gasteiger partial charge is 0.493 e. The molecule has 3 radical (unpaired) electrons. The minimum atomic E-state index is 0.764. The fourth-order valence-electron chi connectivity index (χ4n) is 1.09. The van der Waals surface area contributed by atoms with Crippen molar-refractivity contribution in [2.45, 2.75) is 6.04 Å². The number of benzene rings is 1. The van der Waals surface area contributed by atoms with E-state index < -0.39 is 0 Å². The molecular weight excluding hydrogens is 168 g/mol. The Labute approximate surface area is 75.9 Å². The normalized spacial score (nSPS) is 9.58. The van der Waals surface area contributed by atoms with E-state index in [0.717, 1.165) is 23.1 Å². The second-order valence-electron chi connectivity index (χ2n) is 2.33. The van der Waals surface area contributed by atoms with Crippen LogP contribution in [0.25, 0.3) is 0 Å². The van der Waals surface area contributed by atoms with Crippen molar-refractivity contribution in [2.75, 3.05) is 14.2 Å². The van der Waals surface area contributed by atoms with Gasteiger partial charge in [0.05, 0.1) is 14.2 Å². The quantitative estimate of drug-likeness (QED) is 0.652. The number of rotatable bonds is 3. The Morgan fingerprint density at radius 2 is 2.00 bits per heavy atom. The van der Waals surface area contributed by atoms with Gasteiger partial charge in [-0.1, -0.05) is 12.1 Å². The van der Waals surface area contributed by atoms with Crippen molar-refractivity contribution in [2.24, 2.45) is 0 Å². The maximum absolute atomic E-state index is 5.20. The van der Waals surface area contributed by atoms with Crippen LogP contribution in [0.2, 0.25) is 0 Å². The first-order valence-corrected chi connectivity index (χ1v) is 4.38. The van der Waals surface area contributed by atoms with Crippen LogP contribution in [0.5, 0.6) is 11.5 Å². The van der Waals surface area contributed by atoms with E-state index in [1.54, 1.807) is 14.2 Å². The molecule has 1 rings (SSSR count). The molecule has 0 heterocycles. The van der Waals surface area contributed by atoms with Gasteiger partial charge in [-0.2, -0.15) is 0 Å². The first-order chi connectivity index (χ1) is 5.83. The van der Waals surface area contributed by atoms with Crippen LogP contribution in [0.15, 0.2) is 18.2 Å². The summed E-state index contributed by atoms with van der Waals surface area (Å²) in [6.45, 7) is 0. The number of ether oxygens (including phenoxy) is 2. The molecule has 0 aliphatic rings. The second kappa shape index (κ2) is 4.16. The zero-order chi connectivity index (χ0) is 8.97. The van der Waals surface area contributed by atoms with Gasteiger partial charge >= 0.3 is 0 Å². The van der Waals surface area contributed by atoms with Gasteiger partial charge in [0.2, 0.25) is 0 Å². The number of hydrogen-bond donors (Lipinski definition) is 0. The van der Waals surface area contributed by atoms with Crippen LogP contribution in [0.4, 0.5) is 0 Å². The molecule has 0 amide bonds. The summed E-state index contributed by atoms with van der Waals surface area (Å²) in [5.41, 5.74) is 1.09. The van der Waals surface area contributed by atoms with Crippen LogP contribution in [0, 0.1) is 0 Å². The van der Waals surface area contributed by atoms with Crippen LogP contribution in [-0.2, 0) is 6.04 Å². The van der Waals surface area contributed by atoms with Crippen LogP contribution in [-0.4, -0.2) is 24.5 Å². The minimum Gasteiger partial charge on any atom is -0.493 e. The summed E-state index contributed by atoms with van der Waals surface area (Å²) in [5.74, 6) is 1.57. The zero-order valence-electron chi connectivity index (χ0n) is 7.26. The molecule has 3 heteroatoms. The average Bonchev–Trinajstić information content (AvgIpc) is 2.16. The Balaban J connectivity index is 3.13. The summed E-state index contributed by atoms with van der Waals surface area (Å²) < 4.78 is 10.3. The molecule has 0 N–H and O–H groups in total. The van der Waals surface area contributed by atoms with E-state index in [2.05, 4.69) is 10.2 Å². The lowest BCUT2D eigenvalue weighted by Gasteiger charge is -2.10. The molecule has 0 atom stereocenters. The summed E-state index contributed by atoms with van der Waals surface area (Å²) in [6, 6.07) is 6.58. The highest BCUT2D eigenvalue weighted by Gasteiger charge is 2.06. The van der Waals surface area contributed by atoms with Crippen molar-refractivity contribution in [3.8, 4) is 11.5 Å². The molecular formula is C9H11O2Si. The summed E-state index contributed by atoms with van der Waals surface area (Å²) in [6.07, 6.45) is 0. The van der Waals surface area contributed by atoms with Gasteiger partial charge in [0, 0.05) is 10.2 Å². The molecule has 0 aromatic heterocycles. The summed E-state index contributed by atoms with van der Waals surface area (Å²) >= 11 is 0. The third kappa shape index (κ3) is 1.61. The first-order valence-electron chi connectivity index (χ1n) is 3.68. The maximum Gasteiger partial charge on any atom is 0.163 e. The van der Waals surface area contributed by atoms with Crippen molar-refractivity contribution in [3.05, 3.63) is 23.8 Å². The van der Waals surface area contributed by atoms with Crippen LogP contribution >= 0.6 is 0 Å². The van der Waals surface area contributed by atoms with Gasteiger partial charge in [-0.05, 0) is 17.7 Å². The van der Waals surface area contributed by atoms with E-state index in [1.807, 2.05) is 18.2 Å². The highest BCUT2D eigenvalue weighted by Crippen LogP contribution is 2.30. The molecule has 0 saturated heterocycles. The third-order valence-corrected chi connectivity index (χ3v) is 2.06. The Bertz CT molecular complexity index is 238. The fraction of sp³-hybridized carbons (Fsp3) is 0.333. The molecule has 1 aromatic carbocycles. The van der Waals surface area contributed by atoms with E-state index >= 15 is 0 Å². The van der Waals surface area contributed by atoms with Crippen molar-refractivity contribution >= 4 is 10.2 Å². The Morgan fingerprint density at radius 1 is 1.25 bits per heavy atom. The molecule has 0 fully saturated rings. The monoisotopic (exact) mass is 179 g/mol. The number of para-hydroxylation sites is 1. The maximum atomic E-state index is 5.20. The molecule has 0 bridgehead atoms. The van der Waals surface area contributed by atoms with Gasteiger partial charge in [-0.15, -0.1) is 0 Å². The molecule has 63 valence electrons. The molecule has 0 unspecified atom stereocenters. The number of hydrogen-bond acceptors (Lipinski definition) is 2. The Morgan fingerprint density at radius 3 is 2.50 bits per heavy atom. The van der Waals surface area contributed by atoms with Crippen molar-refractivity contribution in [1.29, 1.82) is 0 Å². The minimum absolute atomic E-state index is 0.764. The highest BCUT2D eigenvalue weighted by atomic mass is 28.1. The van der Waals surface area contributed by atoms with E-state index in [1.165, 1.54) is 0 Å². The standard InChI is InChI=1S/C9H11O2Si/c1-10-8-5-3-4-7(6-12)9(8)11-2/h3-5H,6H2,1-2H3. The molecule has 0 aliphatic heterocycles. The lowest BCUT2D eigenvalue weighted by atomic mass is 10.2. The third-order valence-electron chi connectivity index (χ3n) is 1.67. The van der Waals surface area contributed by atoms with Gasteiger partial charge < -0.3 is 9.47 Å². The Kier molecular flexibility index (Phi) is 3.16. The first kappa shape index (κ1) is 9.13. The second-order valence-corrected chi connectivity index (χ2v) is 2.68. The van der Waals surface area contributed by atoms with Crippen LogP contribution in [0.3, 0.4) is 0 Å². The summed E-state index contributed by atoms with van der Waals surface area (Å²) in [7, 11) is 6.70. The highest BCUT2D eigenvalue weighted by molar-refractivity contribution is 6.08. The lowest BCUT2D eigenvalue weighted by molar-refractivity contribution is 0.352. The SMILES string of the molecule is COc1cccc(C[Si])c1OC. The van der Waals surface area contributed by atoms with Crippen molar-refractivity contribution in [3.63, 3.8) is 0 Å². The van der Waals surface area contributed by atoms with Crippen molar-refractivity contribution in [1.82, 2.24) is 0 Å². The van der Waals surface area contributed by atoms with Gasteiger partial charge in [-0.25, -0.2) is 0 Å². The average molecular weight is 179 g/mol. The molecule has 2 nitrogen and oxygen atoms in total. The predicted octanol–water partition coefficient (Wildman–Crippen LogP) is 1.37. The summed E-state index contributed by atoms with van der Waals surface area (Å²) in [5, 5.41) is 0. The molecule has 12 heavy (non-hydrogen) atoms. The molecule has 1 aromatic rings. The van der Waals surface area contributed by atoms with Gasteiger partial charge in [0.15, 0.2) is 11.5 Å². The van der Waals surface area contributed by atoms with Gasteiger partial charge in [0.1, 0.15) is 0 Å². The van der Waals surface area contributed by atoms with E-state index in [-0.39, 0.29) is 0 Å². The molecule has 0 aliphatic carbocycles. The smallest absolute Gasteiger partial charge is 0.163 e. The molecule has 0 spiro atoms. The topological polar surface area (TPSA) is 18.5 Å². The predicted molar refractivity (Wildman–Crippen MR) is 49.0 cm³/mol. The fourth-order valence-corrected chi connectivity index (χ4v) is 1.37. The van der Waals surface area contributed by atoms with Gasteiger partial charge in [0.25, 0.3) is 0 Å². The van der Waals surface area contributed by atoms with Gasteiger partial charge in [-0.3, -0.25) is 0 Å². The molecule has 0 saturated carbocycles. The Hall–Kier alpha value is -0.963. The van der Waals surface area contributed by atoms with Crippen molar-refractivity contribution < 1.29 is 9.47 Å². The zero-order valence-corrected chi connectivity index (χ0v) is 8.26. The van der Waals surface area contributed by atoms with Crippen LogP contribution in [0.1, 0.15) is 5.56 Å². The summed E-state index contributed by atoms with van der Waals surface area (Å²) in [4.78, 5) is 0. The lowest BCUT2D eigenvalue weighted by Crippen LogP contribution is -1.95. The number of methoxy groups -OCH3 is 2.